The van der Waals surface area contributed by atoms with Crippen LogP contribution in [0.25, 0.3) is 0 Å². The van der Waals surface area contributed by atoms with E-state index in [-0.39, 0.29) is 0 Å². The van der Waals surface area contributed by atoms with Gasteiger partial charge in [-0.05, 0) is 31.1 Å². The fourth-order valence-electron chi connectivity index (χ4n) is 2.30. The van der Waals surface area contributed by atoms with Gasteiger partial charge in [0.2, 0.25) is 0 Å². The molecule has 88 valence electrons. The third-order valence-corrected chi connectivity index (χ3v) is 3.74. The van der Waals surface area contributed by atoms with Gasteiger partial charge in [0.25, 0.3) is 0 Å². The molecule has 3 atom stereocenters. The summed E-state index contributed by atoms with van der Waals surface area (Å²) in [5.41, 5.74) is 0. The van der Waals surface area contributed by atoms with Crippen molar-refractivity contribution in [3.05, 3.63) is 17.5 Å². The van der Waals surface area contributed by atoms with Crippen molar-refractivity contribution in [1.29, 1.82) is 0 Å². The number of nitrogens with one attached hydrogen (secondary N) is 1. The number of hydrogen-bond acceptors (Lipinski definition) is 3. The number of anilines is 1. The van der Waals surface area contributed by atoms with Crippen LogP contribution in [0.15, 0.2) is 12.4 Å². The van der Waals surface area contributed by atoms with E-state index < -0.39 is 0 Å². The summed E-state index contributed by atoms with van der Waals surface area (Å²) in [6, 6.07) is 0.513. The molecule has 0 bridgehead atoms. The van der Waals surface area contributed by atoms with Crippen molar-refractivity contribution in [2.45, 2.75) is 39.2 Å². The van der Waals surface area contributed by atoms with E-state index in [4.69, 9.17) is 11.6 Å². The van der Waals surface area contributed by atoms with E-state index in [2.05, 4.69) is 29.1 Å². The molecule has 1 fully saturated rings. The Labute approximate surface area is 102 Å². The lowest BCUT2D eigenvalue weighted by molar-refractivity contribution is 0.260. The van der Waals surface area contributed by atoms with E-state index in [1.807, 2.05) is 0 Å². The quantitative estimate of drug-likeness (QED) is 0.860. The number of halogens is 1. The number of nitrogens with zero attached hydrogens (tertiary/aromatic N) is 2. The first kappa shape index (κ1) is 11.6. The maximum Gasteiger partial charge on any atom is 0.149 e. The zero-order chi connectivity index (χ0) is 11.5. The molecule has 3 nitrogen and oxygen atoms in total. The van der Waals surface area contributed by atoms with Crippen molar-refractivity contribution in [2.24, 2.45) is 11.8 Å². The summed E-state index contributed by atoms with van der Waals surface area (Å²) in [6.07, 6.45) is 6.98. The minimum absolute atomic E-state index is 0.447. The zero-order valence-electron chi connectivity index (χ0n) is 9.78. The van der Waals surface area contributed by atoms with E-state index in [0.717, 1.165) is 17.7 Å². The second-order valence-electron chi connectivity index (χ2n) is 4.84. The van der Waals surface area contributed by atoms with E-state index in [1.54, 1.807) is 12.4 Å². The van der Waals surface area contributed by atoms with Crippen LogP contribution in [0.1, 0.15) is 33.1 Å². The van der Waals surface area contributed by atoms with Gasteiger partial charge >= 0.3 is 0 Å². The van der Waals surface area contributed by atoms with Gasteiger partial charge in [-0.1, -0.05) is 25.4 Å². The van der Waals surface area contributed by atoms with E-state index in [9.17, 15) is 0 Å². The smallest absolute Gasteiger partial charge is 0.149 e. The van der Waals surface area contributed by atoms with Gasteiger partial charge in [-0.2, -0.15) is 0 Å². The molecule has 0 saturated heterocycles. The predicted octanol–water partition coefficient (Wildman–Crippen LogP) is 3.37. The Morgan fingerprint density at radius 2 is 2.06 bits per heavy atom. The highest BCUT2D eigenvalue weighted by atomic mass is 35.5. The van der Waals surface area contributed by atoms with Crippen LogP contribution >= 0.6 is 11.6 Å². The van der Waals surface area contributed by atoms with E-state index in [0.29, 0.717) is 11.2 Å². The lowest BCUT2D eigenvalue weighted by Gasteiger charge is -2.32. The summed E-state index contributed by atoms with van der Waals surface area (Å²) in [6.45, 7) is 4.65. The van der Waals surface area contributed by atoms with Gasteiger partial charge in [0, 0.05) is 6.04 Å². The Bertz CT molecular complexity index is 356. The molecule has 1 aliphatic carbocycles. The van der Waals surface area contributed by atoms with Crippen LogP contribution in [0, 0.1) is 11.8 Å². The molecule has 0 radical (unpaired) electrons. The molecule has 1 aromatic heterocycles. The van der Waals surface area contributed by atoms with Gasteiger partial charge in [-0.25, -0.2) is 4.98 Å². The summed E-state index contributed by atoms with van der Waals surface area (Å²) >= 11 is 5.80. The molecule has 1 N–H and O–H groups in total. The number of hydrogen-bond donors (Lipinski definition) is 1. The first-order valence-corrected chi connectivity index (χ1v) is 6.27. The van der Waals surface area contributed by atoms with Crippen LogP contribution in [-0.4, -0.2) is 16.0 Å². The monoisotopic (exact) mass is 239 g/mol. The largest absolute Gasteiger partial charge is 0.366 e. The molecule has 0 aliphatic heterocycles. The first-order valence-electron chi connectivity index (χ1n) is 5.89. The summed E-state index contributed by atoms with van der Waals surface area (Å²) in [7, 11) is 0. The van der Waals surface area contributed by atoms with Crippen LogP contribution in [0.2, 0.25) is 5.15 Å². The van der Waals surface area contributed by atoms with Gasteiger partial charge < -0.3 is 5.32 Å². The van der Waals surface area contributed by atoms with Crippen molar-refractivity contribution in [3.63, 3.8) is 0 Å². The van der Waals surface area contributed by atoms with Gasteiger partial charge in [-0.15, -0.1) is 0 Å². The van der Waals surface area contributed by atoms with Gasteiger partial charge in [0.1, 0.15) is 11.0 Å². The van der Waals surface area contributed by atoms with Crippen LogP contribution in [0.5, 0.6) is 0 Å². The van der Waals surface area contributed by atoms with Crippen LogP contribution in [0.4, 0.5) is 5.82 Å². The summed E-state index contributed by atoms with van der Waals surface area (Å²) in [5.74, 6) is 2.40. The Hall–Kier alpha value is -0.830. The Morgan fingerprint density at radius 1 is 1.25 bits per heavy atom. The van der Waals surface area contributed by atoms with Crippen molar-refractivity contribution in [2.75, 3.05) is 5.32 Å². The fraction of sp³-hybridized carbons (Fsp3) is 0.667. The highest BCUT2D eigenvalue weighted by Gasteiger charge is 2.24. The molecular weight excluding hydrogens is 222 g/mol. The average molecular weight is 240 g/mol. The number of aromatic nitrogens is 2. The summed E-state index contributed by atoms with van der Waals surface area (Å²) in [4.78, 5) is 8.23. The average Bonchev–Trinajstić information content (AvgIpc) is 2.24. The second kappa shape index (κ2) is 5.00. The van der Waals surface area contributed by atoms with Crippen molar-refractivity contribution in [3.8, 4) is 0 Å². The predicted molar refractivity (Wildman–Crippen MR) is 66.6 cm³/mol. The maximum absolute atomic E-state index is 5.80. The standard InChI is InChI=1S/C12H18ClN3/c1-8-3-4-10(5-9(8)2)15-12-7-14-6-11(13)16-12/h6-10H,3-5H2,1-2H3,(H,15,16). The van der Waals surface area contributed by atoms with Crippen molar-refractivity contribution in [1.82, 2.24) is 9.97 Å². The molecule has 2 rings (SSSR count). The van der Waals surface area contributed by atoms with Crippen LogP contribution in [-0.2, 0) is 0 Å². The topological polar surface area (TPSA) is 37.8 Å². The summed E-state index contributed by atoms with van der Waals surface area (Å²) < 4.78 is 0. The molecule has 1 heterocycles. The van der Waals surface area contributed by atoms with Crippen LogP contribution in [0.3, 0.4) is 0 Å². The number of rotatable bonds is 2. The maximum atomic E-state index is 5.80. The van der Waals surface area contributed by atoms with E-state index in [1.165, 1.54) is 19.3 Å². The van der Waals surface area contributed by atoms with Gasteiger partial charge in [0.05, 0.1) is 12.4 Å². The second-order valence-corrected chi connectivity index (χ2v) is 5.22. The molecule has 0 spiro atoms. The lowest BCUT2D eigenvalue weighted by atomic mass is 9.79. The molecule has 1 saturated carbocycles. The summed E-state index contributed by atoms with van der Waals surface area (Å²) in [5, 5.41) is 3.86. The zero-order valence-corrected chi connectivity index (χ0v) is 10.5. The van der Waals surface area contributed by atoms with Gasteiger partial charge in [0.15, 0.2) is 0 Å². The fourth-order valence-corrected chi connectivity index (χ4v) is 2.45. The highest BCUT2D eigenvalue weighted by molar-refractivity contribution is 6.29. The molecular formula is C12H18ClN3. The van der Waals surface area contributed by atoms with Crippen LogP contribution < -0.4 is 5.32 Å². The van der Waals surface area contributed by atoms with E-state index >= 15 is 0 Å². The third kappa shape index (κ3) is 2.85. The normalized spacial score (nSPS) is 30.1. The SMILES string of the molecule is CC1CCC(Nc2cncc(Cl)n2)CC1C. The molecule has 16 heavy (non-hydrogen) atoms. The molecule has 0 aromatic carbocycles. The minimum atomic E-state index is 0.447. The third-order valence-electron chi connectivity index (χ3n) is 3.56. The lowest BCUT2D eigenvalue weighted by Crippen LogP contribution is -2.30. The van der Waals surface area contributed by atoms with Crippen molar-refractivity contribution >= 4 is 17.4 Å². The Balaban J connectivity index is 1.95. The van der Waals surface area contributed by atoms with Crippen molar-refractivity contribution < 1.29 is 0 Å². The highest BCUT2D eigenvalue weighted by Crippen LogP contribution is 2.30. The minimum Gasteiger partial charge on any atom is -0.366 e. The molecule has 1 aromatic rings. The molecule has 1 aliphatic rings. The first-order chi connectivity index (χ1) is 7.65. The molecule has 4 heteroatoms. The Kier molecular flexibility index (Phi) is 3.64. The molecule has 0 amide bonds. The molecule has 3 unspecified atom stereocenters. The van der Waals surface area contributed by atoms with Gasteiger partial charge in [-0.3, -0.25) is 4.98 Å². The Morgan fingerprint density at radius 3 is 2.75 bits per heavy atom.